The molecule has 0 spiro atoms. The van der Waals surface area contributed by atoms with E-state index in [0.717, 1.165) is 30.3 Å². The molecule has 0 unspecified atom stereocenters. The summed E-state index contributed by atoms with van der Waals surface area (Å²) in [5, 5.41) is 0. The molecule has 0 atom stereocenters. The van der Waals surface area contributed by atoms with Crippen LogP contribution in [0.2, 0.25) is 0 Å². The summed E-state index contributed by atoms with van der Waals surface area (Å²) < 4.78 is 24.1. The molecular formula is C18H18FN3O3. The Hall–Kier alpha value is -2.83. The van der Waals surface area contributed by atoms with Crippen LogP contribution in [-0.4, -0.2) is 55.2 Å². The Kier molecular flexibility index (Phi) is 4.13. The van der Waals surface area contributed by atoms with Crippen molar-refractivity contribution < 1.29 is 18.7 Å². The van der Waals surface area contributed by atoms with Gasteiger partial charge < -0.3 is 19.3 Å². The van der Waals surface area contributed by atoms with Crippen molar-refractivity contribution >= 4 is 11.6 Å². The number of piperazine rings is 1. The van der Waals surface area contributed by atoms with Crippen molar-refractivity contribution in [1.82, 2.24) is 9.88 Å². The maximum atomic E-state index is 12.9. The number of anilines is 1. The Morgan fingerprint density at radius 1 is 1.00 bits per heavy atom. The van der Waals surface area contributed by atoms with Crippen molar-refractivity contribution in [3.63, 3.8) is 0 Å². The summed E-state index contributed by atoms with van der Waals surface area (Å²) in [4.78, 5) is 20.0. The van der Waals surface area contributed by atoms with Crippen LogP contribution in [0.3, 0.4) is 0 Å². The third kappa shape index (κ3) is 3.22. The quantitative estimate of drug-likeness (QED) is 0.780. The van der Waals surface area contributed by atoms with E-state index >= 15 is 0 Å². The van der Waals surface area contributed by atoms with E-state index in [4.69, 9.17) is 9.47 Å². The molecule has 3 heterocycles. The number of rotatable bonds is 2. The van der Waals surface area contributed by atoms with Crippen LogP contribution in [0.4, 0.5) is 10.1 Å². The van der Waals surface area contributed by atoms with Gasteiger partial charge in [0.2, 0.25) is 5.95 Å². The number of hydrogen-bond donors (Lipinski definition) is 0. The lowest BCUT2D eigenvalue weighted by atomic mass is 10.2. The summed E-state index contributed by atoms with van der Waals surface area (Å²) in [6.45, 7) is 3.78. The van der Waals surface area contributed by atoms with Crippen LogP contribution in [0.1, 0.15) is 10.4 Å². The number of pyridine rings is 1. The largest absolute Gasteiger partial charge is 0.486 e. The summed E-state index contributed by atoms with van der Waals surface area (Å²) in [7, 11) is 0. The molecule has 1 amide bonds. The normalized spacial score (nSPS) is 16.7. The molecule has 6 nitrogen and oxygen atoms in total. The van der Waals surface area contributed by atoms with Crippen LogP contribution in [0.15, 0.2) is 36.5 Å². The SMILES string of the molecule is O=C(c1ccc(F)nc1)N1CCN(c2ccc3c(c2)OCCO3)CC1. The zero-order valence-corrected chi connectivity index (χ0v) is 13.7. The van der Waals surface area contributed by atoms with Crippen LogP contribution in [-0.2, 0) is 0 Å². The number of ether oxygens (including phenoxy) is 2. The minimum absolute atomic E-state index is 0.116. The fourth-order valence-corrected chi connectivity index (χ4v) is 3.08. The third-order valence-corrected chi connectivity index (χ3v) is 4.43. The zero-order valence-electron chi connectivity index (χ0n) is 13.7. The molecular weight excluding hydrogens is 325 g/mol. The zero-order chi connectivity index (χ0) is 17.2. The van der Waals surface area contributed by atoms with E-state index in [1.165, 1.54) is 18.3 Å². The number of halogens is 1. The van der Waals surface area contributed by atoms with Gasteiger partial charge in [-0.1, -0.05) is 0 Å². The van der Waals surface area contributed by atoms with Gasteiger partial charge in [0.1, 0.15) is 13.2 Å². The average molecular weight is 343 g/mol. The lowest BCUT2D eigenvalue weighted by Gasteiger charge is -2.36. The molecule has 0 saturated carbocycles. The van der Waals surface area contributed by atoms with Crippen LogP contribution in [0.25, 0.3) is 0 Å². The molecule has 2 aliphatic heterocycles. The van der Waals surface area contributed by atoms with Gasteiger partial charge in [0, 0.05) is 44.1 Å². The number of fused-ring (bicyclic) bond motifs is 1. The molecule has 1 saturated heterocycles. The average Bonchev–Trinajstić information content (AvgIpc) is 2.68. The van der Waals surface area contributed by atoms with Gasteiger partial charge in [0.25, 0.3) is 5.91 Å². The molecule has 1 fully saturated rings. The first-order valence-corrected chi connectivity index (χ1v) is 8.26. The van der Waals surface area contributed by atoms with E-state index in [-0.39, 0.29) is 5.91 Å². The van der Waals surface area contributed by atoms with Gasteiger partial charge in [0.15, 0.2) is 11.5 Å². The van der Waals surface area contributed by atoms with Gasteiger partial charge in [-0.3, -0.25) is 4.79 Å². The van der Waals surface area contributed by atoms with Crippen LogP contribution in [0, 0.1) is 5.95 Å². The number of aromatic nitrogens is 1. The molecule has 0 aliphatic carbocycles. The summed E-state index contributed by atoms with van der Waals surface area (Å²) in [5.74, 6) is 0.835. The number of benzene rings is 1. The van der Waals surface area contributed by atoms with Gasteiger partial charge in [-0.15, -0.1) is 0 Å². The summed E-state index contributed by atoms with van der Waals surface area (Å²) in [6.07, 6.45) is 1.28. The summed E-state index contributed by atoms with van der Waals surface area (Å²) in [5.41, 5.74) is 1.47. The van der Waals surface area contributed by atoms with Gasteiger partial charge in [-0.2, -0.15) is 4.39 Å². The molecule has 1 aromatic heterocycles. The molecule has 0 radical (unpaired) electrons. The minimum Gasteiger partial charge on any atom is -0.486 e. The fourth-order valence-electron chi connectivity index (χ4n) is 3.08. The van der Waals surface area contributed by atoms with Crippen LogP contribution >= 0.6 is 0 Å². The van der Waals surface area contributed by atoms with Gasteiger partial charge in [-0.05, 0) is 24.3 Å². The topological polar surface area (TPSA) is 54.9 Å². The third-order valence-electron chi connectivity index (χ3n) is 4.43. The second kappa shape index (κ2) is 6.58. The lowest BCUT2D eigenvalue weighted by molar-refractivity contribution is 0.0746. The Morgan fingerprint density at radius 3 is 2.48 bits per heavy atom. The minimum atomic E-state index is -0.583. The second-order valence-corrected chi connectivity index (χ2v) is 5.98. The van der Waals surface area contributed by atoms with Crippen molar-refractivity contribution in [2.45, 2.75) is 0 Å². The maximum Gasteiger partial charge on any atom is 0.255 e. The number of carbonyl (C=O) groups excluding carboxylic acids is 1. The highest BCUT2D eigenvalue weighted by Crippen LogP contribution is 2.34. The highest BCUT2D eigenvalue weighted by molar-refractivity contribution is 5.94. The standard InChI is InChI=1S/C18H18FN3O3/c19-17-4-1-13(12-20-17)18(23)22-7-5-21(6-8-22)14-2-3-15-16(11-14)25-10-9-24-15/h1-4,11-12H,5-10H2. The van der Waals surface area contributed by atoms with Crippen LogP contribution < -0.4 is 14.4 Å². The van der Waals surface area contributed by atoms with E-state index in [1.54, 1.807) is 4.90 Å². The molecule has 1 aromatic carbocycles. The number of hydrogen-bond acceptors (Lipinski definition) is 5. The molecule has 2 aromatic rings. The number of nitrogens with zero attached hydrogens (tertiary/aromatic N) is 3. The van der Waals surface area contributed by atoms with E-state index in [2.05, 4.69) is 9.88 Å². The van der Waals surface area contributed by atoms with E-state index in [0.29, 0.717) is 31.9 Å². The molecule has 7 heteroatoms. The molecule has 4 rings (SSSR count). The lowest BCUT2D eigenvalue weighted by Crippen LogP contribution is -2.48. The smallest absolute Gasteiger partial charge is 0.255 e. The van der Waals surface area contributed by atoms with Gasteiger partial charge >= 0.3 is 0 Å². The van der Waals surface area contributed by atoms with Crippen LogP contribution in [0.5, 0.6) is 11.5 Å². The highest BCUT2D eigenvalue weighted by atomic mass is 19.1. The molecule has 0 bridgehead atoms. The van der Waals surface area contributed by atoms with E-state index < -0.39 is 5.95 Å². The molecule has 0 N–H and O–H groups in total. The van der Waals surface area contributed by atoms with E-state index in [1.807, 2.05) is 18.2 Å². The molecule has 2 aliphatic rings. The van der Waals surface area contributed by atoms with Gasteiger partial charge in [0.05, 0.1) is 5.56 Å². The first kappa shape index (κ1) is 15.7. The Bertz CT molecular complexity index is 774. The first-order chi connectivity index (χ1) is 12.2. The first-order valence-electron chi connectivity index (χ1n) is 8.26. The van der Waals surface area contributed by atoms with Crippen molar-refractivity contribution in [2.24, 2.45) is 0 Å². The number of carbonyl (C=O) groups is 1. The predicted molar refractivity (Wildman–Crippen MR) is 89.7 cm³/mol. The van der Waals surface area contributed by atoms with Crippen molar-refractivity contribution in [3.8, 4) is 11.5 Å². The number of amides is 1. The predicted octanol–water partition coefficient (Wildman–Crippen LogP) is 1.95. The monoisotopic (exact) mass is 343 g/mol. The van der Waals surface area contributed by atoms with Crippen molar-refractivity contribution in [3.05, 3.63) is 48.0 Å². The van der Waals surface area contributed by atoms with E-state index in [9.17, 15) is 9.18 Å². The molecule has 130 valence electrons. The maximum absolute atomic E-state index is 12.9. The van der Waals surface area contributed by atoms with Crippen molar-refractivity contribution in [2.75, 3.05) is 44.3 Å². The molecule has 25 heavy (non-hydrogen) atoms. The van der Waals surface area contributed by atoms with Gasteiger partial charge in [-0.25, -0.2) is 4.98 Å². The Labute approximate surface area is 144 Å². The Balaban J connectivity index is 1.41. The fraction of sp³-hybridized carbons (Fsp3) is 0.333. The summed E-state index contributed by atoms with van der Waals surface area (Å²) >= 11 is 0. The van der Waals surface area contributed by atoms with Crippen molar-refractivity contribution in [1.29, 1.82) is 0 Å². The summed E-state index contributed by atoms with van der Waals surface area (Å²) in [6, 6.07) is 8.59. The second-order valence-electron chi connectivity index (χ2n) is 5.98. The Morgan fingerprint density at radius 2 is 1.76 bits per heavy atom. The highest BCUT2D eigenvalue weighted by Gasteiger charge is 2.23.